The molecule has 4 atom stereocenters. The molecule has 4 amide bonds. The lowest BCUT2D eigenvalue weighted by molar-refractivity contribution is -0.143. The van der Waals surface area contributed by atoms with Crippen molar-refractivity contribution in [2.24, 2.45) is 17.4 Å². The van der Waals surface area contributed by atoms with Crippen LogP contribution in [0.3, 0.4) is 0 Å². The van der Waals surface area contributed by atoms with Crippen LogP contribution in [0, 0.1) is 5.92 Å². The molecule has 0 aliphatic heterocycles. The summed E-state index contributed by atoms with van der Waals surface area (Å²) >= 11 is 0. The van der Waals surface area contributed by atoms with Crippen LogP contribution < -0.4 is 27.4 Å². The van der Waals surface area contributed by atoms with E-state index in [1.807, 2.05) is 0 Å². The second kappa shape index (κ2) is 11.6. The molecule has 0 saturated carbocycles. The second-order valence-electron chi connectivity index (χ2n) is 7.42. The molecule has 4 unspecified atom stereocenters. The number of amides is 4. The fourth-order valence-electron chi connectivity index (χ4n) is 2.59. The lowest BCUT2D eigenvalue weighted by Crippen LogP contribution is -2.57. The highest BCUT2D eigenvalue weighted by atomic mass is 16.4. The number of rotatable bonds is 12. The minimum Gasteiger partial charge on any atom is -0.480 e. The average Bonchev–Trinajstić information content (AvgIpc) is 3.17. The molecule has 13 heteroatoms. The van der Waals surface area contributed by atoms with E-state index in [1.54, 1.807) is 13.8 Å². The number of nitrogens with one attached hydrogen (secondary N) is 4. The van der Waals surface area contributed by atoms with E-state index in [9.17, 15) is 29.1 Å². The first-order valence-electron chi connectivity index (χ1n) is 9.57. The highest BCUT2D eigenvalue weighted by Gasteiger charge is 2.30. The number of aliphatic carboxylic acids is 1. The molecule has 0 aromatic carbocycles. The Morgan fingerprint density at radius 1 is 1.06 bits per heavy atom. The lowest BCUT2D eigenvalue weighted by atomic mass is 10.0. The third kappa shape index (κ3) is 8.42. The third-order valence-electron chi connectivity index (χ3n) is 4.35. The quantitative estimate of drug-likeness (QED) is 0.182. The van der Waals surface area contributed by atoms with Crippen molar-refractivity contribution in [3.63, 3.8) is 0 Å². The Hall–Kier alpha value is -3.48. The summed E-state index contributed by atoms with van der Waals surface area (Å²) in [5.74, 6) is -4.54. The van der Waals surface area contributed by atoms with Gasteiger partial charge >= 0.3 is 5.97 Å². The molecule has 0 radical (unpaired) electrons. The van der Waals surface area contributed by atoms with Crippen LogP contribution >= 0.6 is 0 Å². The van der Waals surface area contributed by atoms with Gasteiger partial charge in [0, 0.05) is 18.3 Å². The normalized spacial score (nSPS) is 14.7. The van der Waals surface area contributed by atoms with Crippen LogP contribution in [0.25, 0.3) is 0 Å². The minimum atomic E-state index is -1.25. The zero-order valence-corrected chi connectivity index (χ0v) is 17.5. The van der Waals surface area contributed by atoms with Gasteiger partial charge in [0.2, 0.25) is 23.6 Å². The van der Waals surface area contributed by atoms with Gasteiger partial charge in [-0.15, -0.1) is 0 Å². The Kier molecular flexibility index (Phi) is 9.60. The van der Waals surface area contributed by atoms with Gasteiger partial charge in [-0.1, -0.05) is 13.8 Å². The van der Waals surface area contributed by atoms with Crippen molar-refractivity contribution in [1.82, 2.24) is 25.9 Å². The molecule has 1 aromatic rings. The Balaban J connectivity index is 2.86. The largest absolute Gasteiger partial charge is 0.480 e. The number of carbonyl (C=O) groups is 5. The number of nitrogens with two attached hydrogens (primary N) is 2. The third-order valence-corrected chi connectivity index (χ3v) is 4.35. The molecule has 0 fully saturated rings. The summed E-state index contributed by atoms with van der Waals surface area (Å²) in [7, 11) is 0. The first kappa shape index (κ1) is 25.6. The lowest BCUT2D eigenvalue weighted by Gasteiger charge is -2.24. The van der Waals surface area contributed by atoms with Gasteiger partial charge in [0.1, 0.15) is 18.1 Å². The van der Waals surface area contributed by atoms with Crippen LogP contribution in [-0.4, -0.2) is 68.8 Å². The van der Waals surface area contributed by atoms with Crippen molar-refractivity contribution >= 4 is 29.6 Å². The van der Waals surface area contributed by atoms with Crippen LogP contribution in [0.5, 0.6) is 0 Å². The van der Waals surface area contributed by atoms with Gasteiger partial charge in [-0.25, -0.2) is 9.78 Å². The molecule has 0 saturated heterocycles. The number of carbonyl (C=O) groups excluding carboxylic acids is 4. The van der Waals surface area contributed by atoms with Crippen molar-refractivity contribution in [2.75, 3.05) is 0 Å². The van der Waals surface area contributed by atoms with E-state index in [4.69, 9.17) is 11.5 Å². The molecule has 13 nitrogen and oxygen atoms in total. The molecule has 1 heterocycles. The number of aromatic amines is 1. The number of aromatic nitrogens is 2. The summed E-state index contributed by atoms with van der Waals surface area (Å²) in [5, 5.41) is 16.4. The number of primary amides is 1. The van der Waals surface area contributed by atoms with Gasteiger partial charge in [-0.3, -0.25) is 19.2 Å². The number of imidazole rings is 1. The van der Waals surface area contributed by atoms with Gasteiger partial charge < -0.3 is 37.5 Å². The number of hydrogen-bond donors (Lipinski definition) is 7. The van der Waals surface area contributed by atoms with Crippen LogP contribution in [-0.2, 0) is 30.4 Å². The molecule has 172 valence electrons. The molecular formula is C18H29N7O6. The minimum absolute atomic E-state index is 0.00104. The predicted molar refractivity (Wildman–Crippen MR) is 108 cm³/mol. The van der Waals surface area contributed by atoms with E-state index in [1.165, 1.54) is 19.4 Å². The first-order valence-corrected chi connectivity index (χ1v) is 9.57. The summed E-state index contributed by atoms with van der Waals surface area (Å²) in [6.45, 7) is 4.64. The summed E-state index contributed by atoms with van der Waals surface area (Å²) in [4.78, 5) is 66.2. The van der Waals surface area contributed by atoms with E-state index < -0.39 is 60.2 Å². The molecule has 1 rings (SSSR count). The van der Waals surface area contributed by atoms with Crippen molar-refractivity contribution in [1.29, 1.82) is 0 Å². The molecule has 1 aromatic heterocycles. The average molecular weight is 439 g/mol. The maximum atomic E-state index is 12.7. The highest BCUT2D eigenvalue weighted by molar-refractivity contribution is 5.95. The van der Waals surface area contributed by atoms with Crippen LogP contribution in [0.15, 0.2) is 12.5 Å². The Bertz CT molecular complexity index is 795. The van der Waals surface area contributed by atoms with E-state index in [2.05, 4.69) is 25.9 Å². The van der Waals surface area contributed by atoms with Crippen molar-refractivity contribution in [2.45, 2.75) is 57.8 Å². The van der Waals surface area contributed by atoms with E-state index in [-0.39, 0.29) is 12.3 Å². The standard InChI is InChI=1S/C18H29N7O6/c1-8(2)14(18(30)31)25-15(27)9(3)23-17(29)12(4-10-6-21-7-22-10)24-16(28)11(19)5-13(20)26/h6-9,11-12,14H,4-5,19H2,1-3H3,(H2,20,26)(H,21,22)(H,23,29)(H,24,28)(H,25,27)(H,30,31). The van der Waals surface area contributed by atoms with Crippen molar-refractivity contribution in [3.05, 3.63) is 18.2 Å². The molecule has 0 spiro atoms. The fourth-order valence-corrected chi connectivity index (χ4v) is 2.59. The first-order chi connectivity index (χ1) is 14.4. The number of carboxylic acid groups (broad SMARTS) is 1. The highest BCUT2D eigenvalue weighted by Crippen LogP contribution is 2.04. The maximum absolute atomic E-state index is 12.7. The maximum Gasteiger partial charge on any atom is 0.326 e. The summed E-state index contributed by atoms with van der Waals surface area (Å²) < 4.78 is 0. The van der Waals surface area contributed by atoms with Gasteiger partial charge in [0.05, 0.1) is 18.8 Å². The summed E-state index contributed by atoms with van der Waals surface area (Å²) in [6.07, 6.45) is 2.43. The monoisotopic (exact) mass is 439 g/mol. The molecule has 0 bridgehead atoms. The van der Waals surface area contributed by atoms with Crippen molar-refractivity contribution < 1.29 is 29.1 Å². The topological polar surface area (TPSA) is 222 Å². The molecule has 0 aliphatic carbocycles. The van der Waals surface area contributed by atoms with E-state index >= 15 is 0 Å². The zero-order chi connectivity index (χ0) is 23.7. The van der Waals surface area contributed by atoms with Gasteiger partial charge in [0.25, 0.3) is 0 Å². The fraction of sp³-hybridized carbons (Fsp3) is 0.556. The molecular weight excluding hydrogens is 410 g/mol. The van der Waals surface area contributed by atoms with Crippen LogP contribution in [0.4, 0.5) is 0 Å². The van der Waals surface area contributed by atoms with Gasteiger partial charge in [0.15, 0.2) is 0 Å². The van der Waals surface area contributed by atoms with Crippen molar-refractivity contribution in [3.8, 4) is 0 Å². The molecule has 31 heavy (non-hydrogen) atoms. The number of nitrogens with zero attached hydrogens (tertiary/aromatic N) is 1. The Morgan fingerprint density at radius 2 is 1.71 bits per heavy atom. The second-order valence-corrected chi connectivity index (χ2v) is 7.42. The van der Waals surface area contributed by atoms with Crippen LogP contribution in [0.1, 0.15) is 32.9 Å². The number of carboxylic acids is 1. The smallest absolute Gasteiger partial charge is 0.326 e. The van der Waals surface area contributed by atoms with E-state index in [0.717, 1.165) is 0 Å². The van der Waals surface area contributed by atoms with Gasteiger partial charge in [-0.2, -0.15) is 0 Å². The molecule has 9 N–H and O–H groups in total. The van der Waals surface area contributed by atoms with Crippen LogP contribution in [0.2, 0.25) is 0 Å². The molecule has 0 aliphatic rings. The Morgan fingerprint density at radius 3 is 2.19 bits per heavy atom. The number of H-pyrrole nitrogens is 1. The summed E-state index contributed by atoms with van der Waals surface area (Å²) in [6, 6.07) is -4.62. The van der Waals surface area contributed by atoms with E-state index in [0.29, 0.717) is 5.69 Å². The zero-order valence-electron chi connectivity index (χ0n) is 17.5. The van der Waals surface area contributed by atoms with Gasteiger partial charge in [-0.05, 0) is 12.8 Å². The number of hydrogen-bond acceptors (Lipinski definition) is 7. The Labute approximate surface area is 178 Å². The summed E-state index contributed by atoms with van der Waals surface area (Å²) in [5.41, 5.74) is 11.2. The predicted octanol–water partition coefficient (Wildman–Crippen LogP) is -2.63. The SMILES string of the molecule is CC(NC(=O)C(Cc1cnc[nH]1)NC(=O)C(N)CC(N)=O)C(=O)NC(C(=O)O)C(C)C.